The average molecular weight is 226 g/mol. The van der Waals surface area contributed by atoms with Crippen molar-refractivity contribution in [3.8, 4) is 0 Å². The molecule has 0 N–H and O–H groups in total. The van der Waals surface area contributed by atoms with Crippen LogP contribution in [0.25, 0.3) is 0 Å². The zero-order valence-corrected chi connectivity index (χ0v) is 10.4. The van der Waals surface area contributed by atoms with Crippen LogP contribution < -0.4 is 0 Å². The van der Waals surface area contributed by atoms with Crippen molar-refractivity contribution in [2.24, 2.45) is 0 Å². The van der Waals surface area contributed by atoms with Crippen LogP contribution in [-0.2, 0) is 6.42 Å². The molecule has 2 aromatic rings. The zero-order chi connectivity index (χ0) is 11.1. The van der Waals surface area contributed by atoms with E-state index in [-0.39, 0.29) is 0 Å². The second kappa shape index (κ2) is 3.67. The van der Waals surface area contributed by atoms with Crippen LogP contribution in [0.5, 0.6) is 0 Å². The fourth-order valence-electron chi connectivity index (χ4n) is 2.19. The van der Waals surface area contributed by atoms with Gasteiger partial charge in [-0.3, -0.25) is 0 Å². The highest BCUT2D eigenvalue weighted by Crippen LogP contribution is 2.41. The molecule has 1 heteroatoms. The van der Waals surface area contributed by atoms with Crippen LogP contribution in [0.1, 0.15) is 22.3 Å². The van der Waals surface area contributed by atoms with Gasteiger partial charge in [-0.1, -0.05) is 42.1 Å². The molecule has 0 unspecified atom stereocenters. The molecule has 1 heterocycles. The molecule has 0 spiro atoms. The van der Waals surface area contributed by atoms with Gasteiger partial charge in [0.15, 0.2) is 0 Å². The molecule has 0 fully saturated rings. The van der Waals surface area contributed by atoms with Gasteiger partial charge in [-0.25, -0.2) is 0 Å². The van der Waals surface area contributed by atoms with Gasteiger partial charge in [-0.05, 0) is 48.6 Å². The Hall–Kier alpha value is -1.21. The van der Waals surface area contributed by atoms with Crippen LogP contribution in [0.3, 0.4) is 0 Å². The lowest BCUT2D eigenvalue weighted by atomic mass is 9.99. The summed E-state index contributed by atoms with van der Waals surface area (Å²) in [6, 6.07) is 13.2. The van der Waals surface area contributed by atoms with E-state index in [1.54, 1.807) is 0 Å². The highest BCUT2D eigenvalue weighted by atomic mass is 32.2. The van der Waals surface area contributed by atoms with Gasteiger partial charge in [0.25, 0.3) is 0 Å². The molecule has 16 heavy (non-hydrogen) atoms. The summed E-state index contributed by atoms with van der Waals surface area (Å²) in [6.07, 6.45) is 1.08. The van der Waals surface area contributed by atoms with E-state index in [1.165, 1.54) is 32.0 Å². The molecule has 0 radical (unpaired) electrons. The number of hydrogen-bond donors (Lipinski definition) is 0. The van der Waals surface area contributed by atoms with Gasteiger partial charge in [-0.15, -0.1) is 0 Å². The lowest BCUT2D eigenvalue weighted by Gasteiger charge is -2.21. The quantitative estimate of drug-likeness (QED) is 0.549. The van der Waals surface area contributed by atoms with E-state index in [1.807, 2.05) is 11.8 Å². The summed E-state index contributed by atoms with van der Waals surface area (Å²) in [5.74, 6) is 0. The Balaban J connectivity index is 2.16. The van der Waals surface area contributed by atoms with Crippen LogP contribution in [0.2, 0.25) is 0 Å². The molecule has 0 bridgehead atoms. The number of benzene rings is 2. The smallest absolute Gasteiger partial charge is 0.0189 e. The molecule has 0 saturated carbocycles. The van der Waals surface area contributed by atoms with Crippen molar-refractivity contribution < 1.29 is 0 Å². The normalized spacial score (nSPS) is 13.1. The Morgan fingerprint density at radius 1 is 0.938 bits per heavy atom. The van der Waals surface area contributed by atoms with E-state index < -0.39 is 0 Å². The van der Waals surface area contributed by atoms with Crippen molar-refractivity contribution in [2.75, 3.05) is 0 Å². The van der Waals surface area contributed by atoms with E-state index in [2.05, 4.69) is 50.2 Å². The van der Waals surface area contributed by atoms with Crippen molar-refractivity contribution in [2.45, 2.75) is 30.1 Å². The minimum Gasteiger partial charge on any atom is -0.0892 e. The number of aryl methyl sites for hydroxylation is 1. The molecule has 1 aliphatic heterocycles. The fraction of sp³-hybridized carbons (Fsp3) is 0.200. The summed E-state index contributed by atoms with van der Waals surface area (Å²) >= 11 is 1.92. The Morgan fingerprint density at radius 2 is 1.75 bits per heavy atom. The summed E-state index contributed by atoms with van der Waals surface area (Å²) in [7, 11) is 0. The highest BCUT2D eigenvalue weighted by Gasteiger charge is 2.17. The summed E-state index contributed by atoms with van der Waals surface area (Å²) in [5.41, 5.74) is 5.78. The first-order chi connectivity index (χ1) is 7.75. The fourth-order valence-corrected chi connectivity index (χ4v) is 3.42. The highest BCUT2D eigenvalue weighted by molar-refractivity contribution is 7.99. The molecular weight excluding hydrogens is 212 g/mol. The van der Waals surface area contributed by atoms with Crippen molar-refractivity contribution in [3.05, 3.63) is 58.7 Å². The Labute approximate surface area is 101 Å². The summed E-state index contributed by atoms with van der Waals surface area (Å²) < 4.78 is 0. The molecule has 3 rings (SSSR count). The standard InChI is InChI=1S/C15H14S/c1-10-7-8-13-9-12-5-3-4-6-14(12)16-15(13)11(10)2/h3-8H,9H2,1-2H3. The summed E-state index contributed by atoms with van der Waals surface area (Å²) in [5, 5.41) is 0. The van der Waals surface area contributed by atoms with Crippen LogP contribution in [0.15, 0.2) is 46.2 Å². The van der Waals surface area contributed by atoms with Crippen LogP contribution in [-0.4, -0.2) is 0 Å². The predicted octanol–water partition coefficient (Wildman–Crippen LogP) is 4.36. The lowest BCUT2D eigenvalue weighted by molar-refractivity contribution is 1.03. The van der Waals surface area contributed by atoms with Gasteiger partial charge >= 0.3 is 0 Å². The van der Waals surface area contributed by atoms with Crippen molar-refractivity contribution in [3.63, 3.8) is 0 Å². The maximum atomic E-state index is 2.28. The van der Waals surface area contributed by atoms with E-state index >= 15 is 0 Å². The first kappa shape index (κ1) is 9.98. The van der Waals surface area contributed by atoms with Crippen molar-refractivity contribution in [1.29, 1.82) is 0 Å². The third-order valence-corrected chi connectivity index (χ3v) is 4.71. The Bertz CT molecular complexity index is 555. The van der Waals surface area contributed by atoms with Gasteiger partial charge < -0.3 is 0 Å². The number of rotatable bonds is 0. The average Bonchev–Trinajstić information content (AvgIpc) is 2.32. The molecule has 0 atom stereocenters. The Kier molecular flexibility index (Phi) is 2.29. The summed E-state index contributed by atoms with van der Waals surface area (Å²) in [6.45, 7) is 4.42. The SMILES string of the molecule is Cc1ccc2c(c1C)Sc1ccccc1C2. The van der Waals surface area contributed by atoms with Gasteiger partial charge in [0.1, 0.15) is 0 Å². The van der Waals surface area contributed by atoms with Crippen molar-refractivity contribution in [1.82, 2.24) is 0 Å². The van der Waals surface area contributed by atoms with E-state index in [9.17, 15) is 0 Å². The molecule has 0 aromatic heterocycles. The van der Waals surface area contributed by atoms with Crippen LogP contribution >= 0.6 is 11.8 Å². The van der Waals surface area contributed by atoms with E-state index in [0.717, 1.165) is 6.42 Å². The van der Waals surface area contributed by atoms with Crippen molar-refractivity contribution >= 4 is 11.8 Å². The van der Waals surface area contributed by atoms with Gasteiger partial charge in [0.05, 0.1) is 0 Å². The van der Waals surface area contributed by atoms with E-state index in [4.69, 9.17) is 0 Å². The second-order valence-corrected chi connectivity index (χ2v) is 5.43. The molecule has 1 aliphatic rings. The van der Waals surface area contributed by atoms with Crippen LogP contribution in [0, 0.1) is 13.8 Å². The molecule has 80 valence electrons. The number of hydrogen-bond acceptors (Lipinski definition) is 1. The largest absolute Gasteiger partial charge is 0.0892 e. The molecular formula is C15H14S. The van der Waals surface area contributed by atoms with Gasteiger partial charge in [0.2, 0.25) is 0 Å². The molecule has 0 aliphatic carbocycles. The topological polar surface area (TPSA) is 0 Å². The first-order valence-corrected chi connectivity index (χ1v) is 6.42. The lowest BCUT2D eigenvalue weighted by Crippen LogP contribution is -2.01. The third-order valence-electron chi connectivity index (χ3n) is 3.32. The minimum atomic E-state index is 1.08. The minimum absolute atomic E-state index is 1.08. The second-order valence-electron chi connectivity index (χ2n) is 4.38. The molecule has 2 aromatic carbocycles. The van der Waals surface area contributed by atoms with E-state index in [0.29, 0.717) is 0 Å². The number of fused-ring (bicyclic) bond motifs is 2. The third kappa shape index (κ3) is 1.47. The first-order valence-electron chi connectivity index (χ1n) is 5.60. The zero-order valence-electron chi connectivity index (χ0n) is 9.58. The Morgan fingerprint density at radius 3 is 2.62 bits per heavy atom. The van der Waals surface area contributed by atoms with Gasteiger partial charge in [-0.2, -0.15) is 0 Å². The molecule has 0 nitrogen and oxygen atoms in total. The maximum absolute atomic E-state index is 2.28. The summed E-state index contributed by atoms with van der Waals surface area (Å²) in [4.78, 5) is 2.89. The molecule has 0 amide bonds. The predicted molar refractivity (Wildman–Crippen MR) is 69.3 cm³/mol. The van der Waals surface area contributed by atoms with Gasteiger partial charge in [0, 0.05) is 9.79 Å². The maximum Gasteiger partial charge on any atom is 0.0189 e. The monoisotopic (exact) mass is 226 g/mol. The molecule has 0 saturated heterocycles. The van der Waals surface area contributed by atoms with Crippen LogP contribution in [0.4, 0.5) is 0 Å².